The van der Waals surface area contributed by atoms with Crippen LogP contribution in [0.3, 0.4) is 0 Å². The third kappa shape index (κ3) is 2.61. The molecule has 0 aromatic carbocycles. The van der Waals surface area contributed by atoms with Crippen molar-refractivity contribution in [3.63, 3.8) is 0 Å². The van der Waals surface area contributed by atoms with Gasteiger partial charge in [0.25, 0.3) is 0 Å². The molecule has 15 heavy (non-hydrogen) atoms. The van der Waals surface area contributed by atoms with Crippen LogP contribution in [0, 0.1) is 0 Å². The molecule has 0 aliphatic rings. The molecule has 1 N–H and O–H groups in total. The van der Waals surface area contributed by atoms with Gasteiger partial charge in [0.2, 0.25) is 0 Å². The number of thiophene rings is 1. The monoisotopic (exact) mass is 219 g/mol. The quantitative estimate of drug-likeness (QED) is 0.857. The molecule has 0 atom stereocenters. The lowest BCUT2D eigenvalue weighted by Gasteiger charge is -2.01. The number of nitrogens with zero attached hydrogens (tertiary/aromatic N) is 2. The third-order valence-corrected chi connectivity index (χ3v) is 2.89. The van der Waals surface area contributed by atoms with E-state index in [0.717, 1.165) is 29.4 Å². The van der Waals surface area contributed by atoms with Crippen molar-refractivity contribution >= 4 is 11.3 Å². The van der Waals surface area contributed by atoms with Crippen molar-refractivity contribution in [3.8, 4) is 10.7 Å². The molecule has 0 saturated heterocycles. The normalized spacial score (nSPS) is 10.5. The molecule has 3 nitrogen and oxygen atoms in total. The fourth-order valence-electron chi connectivity index (χ4n) is 1.25. The van der Waals surface area contributed by atoms with Gasteiger partial charge in [-0.2, -0.15) is 0 Å². The first-order chi connectivity index (χ1) is 7.40. The minimum absolute atomic E-state index is 0.810. The number of hydrogen-bond donors (Lipinski definition) is 1. The van der Waals surface area contributed by atoms with Crippen LogP contribution in [-0.4, -0.2) is 16.5 Å². The largest absolute Gasteiger partial charge is 0.313 e. The molecule has 0 amide bonds. The van der Waals surface area contributed by atoms with E-state index < -0.39 is 0 Å². The molecule has 0 saturated carbocycles. The minimum atomic E-state index is 0.810. The smallest absolute Gasteiger partial charge is 0.169 e. The number of nitrogens with one attached hydrogen (secondary N) is 1. The summed E-state index contributed by atoms with van der Waals surface area (Å²) in [6, 6.07) is 4.04. The number of aromatic nitrogens is 2. The maximum Gasteiger partial charge on any atom is 0.169 e. The summed E-state index contributed by atoms with van der Waals surface area (Å²) in [5.74, 6) is 0.810. The molecular formula is C11H13N3S. The second-order valence-corrected chi connectivity index (χ2v) is 4.12. The second kappa shape index (κ2) is 5.00. The first-order valence-electron chi connectivity index (χ1n) is 4.95. The van der Waals surface area contributed by atoms with Gasteiger partial charge in [0.05, 0.1) is 4.88 Å². The zero-order valence-corrected chi connectivity index (χ0v) is 9.42. The molecule has 0 aliphatic heterocycles. The van der Waals surface area contributed by atoms with Crippen molar-refractivity contribution < 1.29 is 0 Å². The Bertz CT molecular complexity index is 394. The van der Waals surface area contributed by atoms with E-state index in [1.807, 2.05) is 29.9 Å². The molecule has 4 heteroatoms. The van der Waals surface area contributed by atoms with E-state index in [1.54, 1.807) is 11.3 Å². The first kappa shape index (κ1) is 10.3. The fraction of sp³-hybridized carbons (Fsp3) is 0.273. The molecule has 2 heterocycles. The summed E-state index contributed by atoms with van der Waals surface area (Å²) in [6.07, 6.45) is 3.76. The zero-order valence-electron chi connectivity index (χ0n) is 8.60. The van der Waals surface area contributed by atoms with Crippen LogP contribution in [0.1, 0.15) is 12.5 Å². The van der Waals surface area contributed by atoms with Crippen molar-refractivity contribution in [1.82, 2.24) is 15.3 Å². The van der Waals surface area contributed by atoms with Crippen LogP contribution in [0.2, 0.25) is 0 Å². The number of hydrogen-bond acceptors (Lipinski definition) is 4. The van der Waals surface area contributed by atoms with Crippen LogP contribution in [-0.2, 0) is 6.54 Å². The standard InChI is InChI=1S/C11H13N3S/c1-2-12-6-9-7-13-11(14-8-9)10-4-3-5-15-10/h3-5,7-8,12H,2,6H2,1H3. The Morgan fingerprint density at radius 1 is 1.33 bits per heavy atom. The Balaban J connectivity index is 2.11. The van der Waals surface area contributed by atoms with Crippen molar-refractivity contribution in [2.24, 2.45) is 0 Å². The van der Waals surface area contributed by atoms with Crippen LogP contribution in [0.15, 0.2) is 29.9 Å². The predicted octanol–water partition coefficient (Wildman–Crippen LogP) is 2.31. The molecule has 78 valence electrons. The van der Waals surface area contributed by atoms with E-state index in [-0.39, 0.29) is 0 Å². The zero-order chi connectivity index (χ0) is 10.5. The highest BCUT2D eigenvalue weighted by Crippen LogP contribution is 2.19. The molecule has 0 fully saturated rings. The van der Waals surface area contributed by atoms with E-state index in [4.69, 9.17) is 0 Å². The molecule has 0 spiro atoms. The summed E-state index contributed by atoms with van der Waals surface area (Å²) in [5.41, 5.74) is 1.12. The van der Waals surface area contributed by atoms with Gasteiger partial charge in [-0.15, -0.1) is 11.3 Å². The van der Waals surface area contributed by atoms with Crippen molar-refractivity contribution in [2.75, 3.05) is 6.54 Å². The van der Waals surface area contributed by atoms with Crippen LogP contribution in [0.5, 0.6) is 0 Å². The summed E-state index contributed by atoms with van der Waals surface area (Å²) in [5, 5.41) is 5.27. The Morgan fingerprint density at radius 2 is 2.13 bits per heavy atom. The molecule has 2 rings (SSSR count). The van der Waals surface area contributed by atoms with Gasteiger partial charge in [0.15, 0.2) is 5.82 Å². The van der Waals surface area contributed by atoms with E-state index >= 15 is 0 Å². The van der Waals surface area contributed by atoms with Gasteiger partial charge in [0, 0.05) is 24.5 Å². The summed E-state index contributed by atoms with van der Waals surface area (Å²) in [7, 11) is 0. The van der Waals surface area contributed by atoms with Crippen LogP contribution >= 0.6 is 11.3 Å². The van der Waals surface area contributed by atoms with Gasteiger partial charge in [-0.25, -0.2) is 9.97 Å². The average molecular weight is 219 g/mol. The Kier molecular flexibility index (Phi) is 3.42. The van der Waals surface area contributed by atoms with Gasteiger partial charge in [0.1, 0.15) is 0 Å². The molecule has 0 unspecified atom stereocenters. The van der Waals surface area contributed by atoms with Gasteiger partial charge < -0.3 is 5.32 Å². The molecule has 0 bridgehead atoms. The Hall–Kier alpha value is -1.26. The lowest BCUT2D eigenvalue weighted by Crippen LogP contribution is -2.12. The number of rotatable bonds is 4. The molecular weight excluding hydrogens is 206 g/mol. The highest BCUT2D eigenvalue weighted by Gasteiger charge is 2.01. The van der Waals surface area contributed by atoms with Gasteiger partial charge in [-0.1, -0.05) is 13.0 Å². The Labute approximate surface area is 93.2 Å². The fourth-order valence-corrected chi connectivity index (χ4v) is 1.92. The van der Waals surface area contributed by atoms with Gasteiger partial charge in [-0.3, -0.25) is 0 Å². The van der Waals surface area contributed by atoms with E-state index in [2.05, 4.69) is 22.2 Å². The summed E-state index contributed by atoms with van der Waals surface area (Å²) in [6.45, 7) is 3.88. The predicted molar refractivity (Wildman–Crippen MR) is 62.7 cm³/mol. The second-order valence-electron chi connectivity index (χ2n) is 3.17. The van der Waals surface area contributed by atoms with Crippen LogP contribution < -0.4 is 5.32 Å². The summed E-state index contributed by atoms with van der Waals surface area (Å²) < 4.78 is 0. The minimum Gasteiger partial charge on any atom is -0.313 e. The van der Waals surface area contributed by atoms with E-state index in [0.29, 0.717) is 0 Å². The maximum atomic E-state index is 4.33. The summed E-state index contributed by atoms with van der Waals surface area (Å²) in [4.78, 5) is 9.78. The molecule has 0 radical (unpaired) electrons. The van der Waals surface area contributed by atoms with Crippen molar-refractivity contribution in [3.05, 3.63) is 35.5 Å². The average Bonchev–Trinajstić information content (AvgIpc) is 2.80. The lowest BCUT2D eigenvalue weighted by molar-refractivity contribution is 0.721. The maximum absolute atomic E-state index is 4.33. The van der Waals surface area contributed by atoms with E-state index in [9.17, 15) is 0 Å². The van der Waals surface area contributed by atoms with Gasteiger partial charge >= 0.3 is 0 Å². The Morgan fingerprint density at radius 3 is 2.73 bits per heavy atom. The first-order valence-corrected chi connectivity index (χ1v) is 5.83. The highest BCUT2D eigenvalue weighted by atomic mass is 32.1. The van der Waals surface area contributed by atoms with Crippen molar-refractivity contribution in [1.29, 1.82) is 0 Å². The van der Waals surface area contributed by atoms with Crippen LogP contribution in [0.4, 0.5) is 0 Å². The van der Waals surface area contributed by atoms with Crippen molar-refractivity contribution in [2.45, 2.75) is 13.5 Å². The third-order valence-electron chi connectivity index (χ3n) is 2.03. The lowest BCUT2D eigenvalue weighted by atomic mass is 10.3. The molecule has 2 aromatic rings. The van der Waals surface area contributed by atoms with Gasteiger partial charge in [-0.05, 0) is 18.0 Å². The SMILES string of the molecule is CCNCc1cnc(-c2cccs2)nc1. The topological polar surface area (TPSA) is 37.8 Å². The summed E-state index contributed by atoms with van der Waals surface area (Å²) >= 11 is 1.66. The van der Waals surface area contributed by atoms with Crippen LogP contribution in [0.25, 0.3) is 10.7 Å². The van der Waals surface area contributed by atoms with E-state index in [1.165, 1.54) is 0 Å². The molecule has 2 aromatic heterocycles. The molecule has 0 aliphatic carbocycles. The highest BCUT2D eigenvalue weighted by molar-refractivity contribution is 7.13.